The molecule has 1 aromatic carbocycles. The van der Waals surface area contributed by atoms with Gasteiger partial charge in [-0.1, -0.05) is 30.3 Å². The molecule has 0 saturated heterocycles. The zero-order valence-electron chi connectivity index (χ0n) is 10.3. The van der Waals surface area contributed by atoms with Crippen LogP contribution in [0.3, 0.4) is 0 Å². The summed E-state index contributed by atoms with van der Waals surface area (Å²) < 4.78 is 5.14. The minimum Gasteiger partial charge on any atom is -0.436 e. The quantitative estimate of drug-likeness (QED) is 0.821. The summed E-state index contributed by atoms with van der Waals surface area (Å²) in [6, 6.07) is 10.2. The maximum Gasteiger partial charge on any atom is 0.288 e. The average Bonchev–Trinajstić information content (AvgIpc) is 2.82. The van der Waals surface area contributed by atoms with Gasteiger partial charge in [0.2, 0.25) is 5.76 Å². The molecule has 0 saturated carbocycles. The number of hydrogen-bond acceptors (Lipinski definition) is 3. The van der Waals surface area contributed by atoms with Gasteiger partial charge in [0.15, 0.2) is 5.89 Å². The van der Waals surface area contributed by atoms with Gasteiger partial charge in [0.25, 0.3) is 5.91 Å². The molecule has 0 aliphatic carbocycles. The van der Waals surface area contributed by atoms with E-state index in [0.29, 0.717) is 12.4 Å². The number of nitrogens with zero attached hydrogens (tertiary/aromatic N) is 1. The van der Waals surface area contributed by atoms with Gasteiger partial charge < -0.3 is 9.73 Å². The number of aryl methyl sites for hydroxylation is 2. The van der Waals surface area contributed by atoms with Gasteiger partial charge in [-0.2, -0.15) is 0 Å². The number of amides is 1. The summed E-state index contributed by atoms with van der Waals surface area (Å²) >= 11 is 0. The van der Waals surface area contributed by atoms with Crippen molar-refractivity contribution in [2.75, 3.05) is 6.54 Å². The number of nitrogens with one attached hydrogen (secondary N) is 1. The topological polar surface area (TPSA) is 55.1 Å². The predicted molar refractivity (Wildman–Crippen MR) is 68.3 cm³/mol. The van der Waals surface area contributed by atoms with Crippen LogP contribution in [0.25, 0.3) is 0 Å². The van der Waals surface area contributed by atoms with E-state index in [9.17, 15) is 4.79 Å². The highest BCUT2D eigenvalue weighted by atomic mass is 16.4. The fraction of sp³-hybridized carbons (Fsp3) is 0.286. The Kier molecular flexibility index (Phi) is 4.12. The van der Waals surface area contributed by atoms with E-state index in [4.69, 9.17) is 4.42 Å². The molecule has 0 aliphatic heterocycles. The van der Waals surface area contributed by atoms with Crippen LogP contribution in [0.5, 0.6) is 0 Å². The van der Waals surface area contributed by atoms with Crippen LogP contribution in [0, 0.1) is 6.92 Å². The smallest absolute Gasteiger partial charge is 0.288 e. The van der Waals surface area contributed by atoms with Crippen molar-refractivity contribution in [3.05, 3.63) is 53.7 Å². The van der Waals surface area contributed by atoms with Crippen LogP contribution in [0.15, 0.2) is 40.9 Å². The maximum absolute atomic E-state index is 11.6. The van der Waals surface area contributed by atoms with E-state index < -0.39 is 0 Å². The molecule has 1 N–H and O–H groups in total. The van der Waals surface area contributed by atoms with Gasteiger partial charge in [0.05, 0.1) is 6.20 Å². The first kappa shape index (κ1) is 12.4. The molecule has 1 amide bonds. The molecule has 2 rings (SSSR count). The second-order valence-electron chi connectivity index (χ2n) is 4.09. The van der Waals surface area contributed by atoms with Gasteiger partial charge in [0, 0.05) is 13.5 Å². The van der Waals surface area contributed by atoms with Crippen LogP contribution in [0.1, 0.15) is 28.4 Å². The summed E-state index contributed by atoms with van der Waals surface area (Å²) in [6.45, 7) is 2.35. The highest BCUT2D eigenvalue weighted by Crippen LogP contribution is 2.03. The van der Waals surface area contributed by atoms with Gasteiger partial charge in [-0.3, -0.25) is 4.79 Å². The second-order valence-corrected chi connectivity index (χ2v) is 4.09. The number of aromatic nitrogens is 1. The van der Waals surface area contributed by atoms with Crippen molar-refractivity contribution in [1.29, 1.82) is 0 Å². The Balaban J connectivity index is 1.71. The van der Waals surface area contributed by atoms with Crippen molar-refractivity contribution in [3.63, 3.8) is 0 Å². The van der Waals surface area contributed by atoms with Gasteiger partial charge in [-0.15, -0.1) is 0 Å². The molecular weight excluding hydrogens is 228 g/mol. The van der Waals surface area contributed by atoms with E-state index in [2.05, 4.69) is 22.4 Å². The predicted octanol–water partition coefficient (Wildman–Crippen LogP) is 2.35. The van der Waals surface area contributed by atoms with E-state index in [1.165, 1.54) is 11.8 Å². The molecule has 0 bridgehead atoms. The third-order valence-electron chi connectivity index (χ3n) is 2.62. The molecule has 0 radical (unpaired) electrons. The number of carbonyl (C=O) groups excluding carboxylic acids is 1. The number of carbonyl (C=O) groups is 1. The van der Waals surface area contributed by atoms with Gasteiger partial charge in [-0.05, 0) is 18.4 Å². The molecule has 0 spiro atoms. The molecule has 94 valence electrons. The molecule has 0 atom stereocenters. The molecule has 0 unspecified atom stereocenters. The normalized spacial score (nSPS) is 10.3. The molecule has 18 heavy (non-hydrogen) atoms. The first-order valence-electron chi connectivity index (χ1n) is 6.00. The molecule has 1 heterocycles. The zero-order chi connectivity index (χ0) is 12.8. The van der Waals surface area contributed by atoms with Crippen LogP contribution in [-0.2, 0) is 6.42 Å². The lowest BCUT2D eigenvalue weighted by Crippen LogP contribution is -2.24. The van der Waals surface area contributed by atoms with Crippen molar-refractivity contribution in [3.8, 4) is 0 Å². The molecule has 4 nitrogen and oxygen atoms in total. The molecule has 4 heteroatoms. The Morgan fingerprint density at radius 2 is 2.11 bits per heavy atom. The van der Waals surface area contributed by atoms with Crippen LogP contribution in [0.4, 0.5) is 0 Å². The van der Waals surface area contributed by atoms with Gasteiger partial charge >= 0.3 is 0 Å². The zero-order valence-corrected chi connectivity index (χ0v) is 10.3. The van der Waals surface area contributed by atoms with Crippen LogP contribution in [-0.4, -0.2) is 17.4 Å². The van der Waals surface area contributed by atoms with E-state index in [0.717, 1.165) is 12.8 Å². The Morgan fingerprint density at radius 1 is 1.33 bits per heavy atom. The summed E-state index contributed by atoms with van der Waals surface area (Å²) in [7, 11) is 0. The second kappa shape index (κ2) is 6.00. The molecule has 0 fully saturated rings. The fourth-order valence-corrected chi connectivity index (χ4v) is 1.69. The Bertz CT molecular complexity index is 506. The van der Waals surface area contributed by atoms with Crippen molar-refractivity contribution >= 4 is 5.91 Å². The Hall–Kier alpha value is -2.10. The molecule has 2 aromatic rings. The highest BCUT2D eigenvalue weighted by Gasteiger charge is 2.09. The number of hydrogen-bond donors (Lipinski definition) is 1. The van der Waals surface area contributed by atoms with Gasteiger partial charge in [-0.25, -0.2) is 4.98 Å². The molecule has 0 aliphatic rings. The highest BCUT2D eigenvalue weighted by molar-refractivity contribution is 5.91. The van der Waals surface area contributed by atoms with Crippen molar-refractivity contribution in [2.45, 2.75) is 19.8 Å². The number of rotatable bonds is 5. The summed E-state index contributed by atoms with van der Waals surface area (Å²) in [5.41, 5.74) is 1.28. The maximum atomic E-state index is 11.6. The fourth-order valence-electron chi connectivity index (χ4n) is 1.69. The van der Waals surface area contributed by atoms with Crippen molar-refractivity contribution in [1.82, 2.24) is 10.3 Å². The molecular formula is C14H16N2O2. The van der Waals surface area contributed by atoms with Crippen LogP contribution < -0.4 is 5.32 Å². The van der Waals surface area contributed by atoms with Crippen molar-refractivity contribution in [2.24, 2.45) is 0 Å². The third kappa shape index (κ3) is 3.45. The lowest BCUT2D eigenvalue weighted by molar-refractivity contribution is 0.0924. The standard InChI is InChI=1S/C14H16N2O2/c1-11-16-10-13(18-11)14(17)15-9-5-8-12-6-3-2-4-7-12/h2-4,6-7,10H,5,8-9H2,1H3,(H,15,17). The summed E-state index contributed by atoms with van der Waals surface area (Å²) in [4.78, 5) is 15.5. The summed E-state index contributed by atoms with van der Waals surface area (Å²) in [5.74, 6) is 0.570. The lowest BCUT2D eigenvalue weighted by atomic mass is 10.1. The Morgan fingerprint density at radius 3 is 2.78 bits per heavy atom. The SMILES string of the molecule is Cc1ncc(C(=O)NCCCc2ccccc2)o1. The van der Waals surface area contributed by atoms with E-state index in [1.54, 1.807) is 6.92 Å². The monoisotopic (exact) mass is 244 g/mol. The summed E-state index contributed by atoms with van der Waals surface area (Å²) in [6.07, 6.45) is 3.31. The average molecular weight is 244 g/mol. The minimum absolute atomic E-state index is 0.205. The minimum atomic E-state index is -0.205. The number of oxazole rings is 1. The molecule has 1 aromatic heterocycles. The first-order chi connectivity index (χ1) is 8.75. The first-order valence-corrected chi connectivity index (χ1v) is 6.00. The van der Waals surface area contributed by atoms with Crippen molar-refractivity contribution < 1.29 is 9.21 Å². The van der Waals surface area contributed by atoms with E-state index >= 15 is 0 Å². The lowest BCUT2D eigenvalue weighted by Gasteiger charge is -2.03. The van der Waals surface area contributed by atoms with E-state index in [-0.39, 0.29) is 11.7 Å². The third-order valence-corrected chi connectivity index (χ3v) is 2.62. The van der Waals surface area contributed by atoms with Crippen LogP contribution in [0.2, 0.25) is 0 Å². The Labute approximate surface area is 106 Å². The van der Waals surface area contributed by atoms with Gasteiger partial charge in [0.1, 0.15) is 0 Å². The van der Waals surface area contributed by atoms with E-state index in [1.807, 2.05) is 18.2 Å². The number of benzene rings is 1. The summed E-state index contributed by atoms with van der Waals surface area (Å²) in [5, 5.41) is 2.81. The van der Waals surface area contributed by atoms with Crippen LogP contribution >= 0.6 is 0 Å². The largest absolute Gasteiger partial charge is 0.436 e.